The summed E-state index contributed by atoms with van der Waals surface area (Å²) in [5, 5.41) is 0.435. The van der Waals surface area contributed by atoms with Gasteiger partial charge in [-0.2, -0.15) is 0 Å². The Morgan fingerprint density at radius 1 is 1.06 bits per heavy atom. The average molecular weight is 255 g/mol. The number of rotatable bonds is 3. The molecule has 0 aliphatic rings. The molecule has 0 heterocycles. The highest BCUT2D eigenvalue weighted by molar-refractivity contribution is 6.32. The van der Waals surface area contributed by atoms with Crippen molar-refractivity contribution in [3.05, 3.63) is 64.7 Å². The molecule has 0 aliphatic carbocycles. The molecule has 0 atom stereocenters. The highest BCUT2D eigenvalue weighted by Crippen LogP contribution is 2.24. The lowest BCUT2D eigenvalue weighted by Gasteiger charge is -2.08. The second-order valence-corrected chi connectivity index (χ2v) is 3.86. The van der Waals surface area contributed by atoms with Gasteiger partial charge in [0.2, 0.25) is 0 Å². The van der Waals surface area contributed by atoms with Crippen LogP contribution in [0.1, 0.15) is 5.56 Å². The second-order valence-electron chi connectivity index (χ2n) is 3.45. The third-order valence-electron chi connectivity index (χ3n) is 2.23. The Labute approximate surface area is 103 Å². The standard InChI is InChI=1S/C13H9ClF2O/c14-11-3-1-2-4-13(11)17-8-9-7-10(15)5-6-12(9)16/h1-7H,8H2. The van der Waals surface area contributed by atoms with Crippen molar-refractivity contribution >= 4 is 11.6 Å². The number of halogens is 3. The van der Waals surface area contributed by atoms with Crippen LogP contribution >= 0.6 is 11.6 Å². The molecule has 0 fully saturated rings. The Kier molecular flexibility index (Phi) is 3.59. The first kappa shape index (κ1) is 11.9. The van der Waals surface area contributed by atoms with Gasteiger partial charge in [-0.25, -0.2) is 8.78 Å². The summed E-state index contributed by atoms with van der Waals surface area (Å²) in [5.41, 5.74) is 0.157. The zero-order valence-corrected chi connectivity index (χ0v) is 9.55. The van der Waals surface area contributed by atoms with E-state index in [9.17, 15) is 8.78 Å². The molecule has 0 aliphatic heterocycles. The van der Waals surface area contributed by atoms with E-state index in [-0.39, 0.29) is 12.2 Å². The summed E-state index contributed by atoms with van der Waals surface area (Å²) in [4.78, 5) is 0. The van der Waals surface area contributed by atoms with Crippen LogP contribution in [0.15, 0.2) is 42.5 Å². The Bertz CT molecular complexity index is 529. The van der Waals surface area contributed by atoms with Crippen LogP contribution in [0, 0.1) is 11.6 Å². The molecule has 2 aromatic rings. The Morgan fingerprint density at radius 2 is 1.82 bits per heavy atom. The SMILES string of the molecule is Fc1ccc(F)c(COc2ccccc2Cl)c1. The van der Waals surface area contributed by atoms with Crippen molar-refractivity contribution in [3.63, 3.8) is 0 Å². The topological polar surface area (TPSA) is 9.23 Å². The quantitative estimate of drug-likeness (QED) is 0.798. The zero-order chi connectivity index (χ0) is 12.3. The van der Waals surface area contributed by atoms with Crippen molar-refractivity contribution in [2.75, 3.05) is 0 Å². The minimum Gasteiger partial charge on any atom is -0.487 e. The van der Waals surface area contributed by atoms with Crippen LogP contribution < -0.4 is 4.74 Å². The Balaban J connectivity index is 2.12. The van der Waals surface area contributed by atoms with Gasteiger partial charge in [0.05, 0.1) is 5.02 Å². The monoisotopic (exact) mass is 254 g/mol. The maximum Gasteiger partial charge on any atom is 0.138 e. The Hall–Kier alpha value is -1.61. The van der Waals surface area contributed by atoms with Gasteiger partial charge in [-0.15, -0.1) is 0 Å². The maximum absolute atomic E-state index is 13.3. The molecule has 0 radical (unpaired) electrons. The summed E-state index contributed by atoms with van der Waals surface area (Å²) in [5.74, 6) is -0.555. The van der Waals surface area contributed by atoms with Crippen LogP contribution in [0.2, 0.25) is 5.02 Å². The third-order valence-corrected chi connectivity index (χ3v) is 2.54. The smallest absolute Gasteiger partial charge is 0.138 e. The van der Waals surface area contributed by atoms with E-state index in [2.05, 4.69) is 0 Å². The molecule has 2 rings (SSSR count). The van der Waals surface area contributed by atoms with Crippen LogP contribution in [-0.4, -0.2) is 0 Å². The molecule has 4 heteroatoms. The lowest BCUT2D eigenvalue weighted by Crippen LogP contribution is -1.99. The summed E-state index contributed by atoms with van der Waals surface area (Å²) >= 11 is 5.87. The van der Waals surface area contributed by atoms with Crippen LogP contribution in [0.5, 0.6) is 5.75 Å². The van der Waals surface area contributed by atoms with Crippen LogP contribution in [0.4, 0.5) is 8.78 Å². The first-order chi connectivity index (χ1) is 8.16. The maximum atomic E-state index is 13.3. The summed E-state index contributed by atoms with van der Waals surface area (Å²) < 4.78 is 31.5. The molecule has 0 N–H and O–H groups in total. The van der Waals surface area contributed by atoms with Crippen molar-refractivity contribution in [2.45, 2.75) is 6.61 Å². The molecule has 17 heavy (non-hydrogen) atoms. The number of benzene rings is 2. The second kappa shape index (κ2) is 5.15. The van der Waals surface area contributed by atoms with Crippen LogP contribution in [0.3, 0.4) is 0 Å². The molecule has 0 spiro atoms. The van der Waals surface area contributed by atoms with Crippen molar-refractivity contribution in [1.82, 2.24) is 0 Å². The van der Waals surface area contributed by atoms with Crippen molar-refractivity contribution in [2.24, 2.45) is 0 Å². The van der Waals surface area contributed by atoms with E-state index in [0.29, 0.717) is 10.8 Å². The average Bonchev–Trinajstić information content (AvgIpc) is 2.32. The van der Waals surface area contributed by atoms with Crippen molar-refractivity contribution in [1.29, 1.82) is 0 Å². The lowest BCUT2D eigenvalue weighted by atomic mass is 10.2. The zero-order valence-electron chi connectivity index (χ0n) is 8.79. The number of ether oxygens (including phenoxy) is 1. The number of para-hydroxylation sites is 1. The van der Waals surface area contributed by atoms with Gasteiger partial charge >= 0.3 is 0 Å². The first-order valence-corrected chi connectivity index (χ1v) is 5.36. The van der Waals surface area contributed by atoms with Gasteiger partial charge in [-0.05, 0) is 30.3 Å². The van der Waals surface area contributed by atoms with E-state index in [4.69, 9.17) is 16.3 Å². The van der Waals surface area contributed by atoms with Crippen LogP contribution in [-0.2, 0) is 6.61 Å². The summed E-state index contributed by atoms with van der Waals surface area (Å²) in [6.07, 6.45) is 0. The first-order valence-electron chi connectivity index (χ1n) is 4.98. The minimum atomic E-state index is -0.501. The molecule has 2 aromatic carbocycles. The lowest BCUT2D eigenvalue weighted by molar-refractivity contribution is 0.299. The van der Waals surface area contributed by atoms with Gasteiger partial charge in [0.15, 0.2) is 0 Å². The van der Waals surface area contributed by atoms with Crippen molar-refractivity contribution < 1.29 is 13.5 Å². The van der Waals surface area contributed by atoms with Gasteiger partial charge in [-0.1, -0.05) is 23.7 Å². The molecule has 0 unspecified atom stereocenters. The fraction of sp³-hybridized carbons (Fsp3) is 0.0769. The number of hydrogen-bond acceptors (Lipinski definition) is 1. The highest BCUT2D eigenvalue weighted by atomic mass is 35.5. The molecule has 0 saturated carbocycles. The fourth-order valence-electron chi connectivity index (χ4n) is 1.37. The summed E-state index contributed by atoms with van der Waals surface area (Å²) in [6, 6.07) is 10.1. The summed E-state index contributed by atoms with van der Waals surface area (Å²) in [7, 11) is 0. The van der Waals surface area contributed by atoms with E-state index >= 15 is 0 Å². The van der Waals surface area contributed by atoms with Gasteiger partial charge in [-0.3, -0.25) is 0 Å². The van der Waals surface area contributed by atoms with Gasteiger partial charge in [0.25, 0.3) is 0 Å². The predicted molar refractivity (Wildman–Crippen MR) is 62.1 cm³/mol. The predicted octanol–water partition coefficient (Wildman–Crippen LogP) is 4.20. The van der Waals surface area contributed by atoms with E-state index in [0.717, 1.165) is 18.2 Å². The molecule has 0 aromatic heterocycles. The normalized spacial score (nSPS) is 10.3. The minimum absolute atomic E-state index is 0.0622. The summed E-state index contributed by atoms with van der Waals surface area (Å²) in [6.45, 7) is -0.0622. The van der Waals surface area contributed by atoms with E-state index in [1.54, 1.807) is 24.3 Å². The fourth-order valence-corrected chi connectivity index (χ4v) is 1.56. The molecular formula is C13H9ClF2O. The van der Waals surface area contributed by atoms with Gasteiger partial charge < -0.3 is 4.74 Å². The largest absolute Gasteiger partial charge is 0.487 e. The van der Waals surface area contributed by atoms with Crippen LogP contribution in [0.25, 0.3) is 0 Å². The molecule has 1 nitrogen and oxygen atoms in total. The van der Waals surface area contributed by atoms with Gasteiger partial charge in [0.1, 0.15) is 24.0 Å². The van der Waals surface area contributed by atoms with E-state index < -0.39 is 11.6 Å². The molecular weight excluding hydrogens is 246 g/mol. The Morgan fingerprint density at radius 3 is 2.59 bits per heavy atom. The molecule has 88 valence electrons. The molecule has 0 saturated heterocycles. The van der Waals surface area contributed by atoms with E-state index in [1.165, 1.54) is 0 Å². The van der Waals surface area contributed by atoms with E-state index in [1.807, 2.05) is 0 Å². The van der Waals surface area contributed by atoms with Gasteiger partial charge in [0, 0.05) is 5.56 Å². The molecule has 0 amide bonds. The van der Waals surface area contributed by atoms with Crippen molar-refractivity contribution in [3.8, 4) is 5.75 Å². The number of hydrogen-bond donors (Lipinski definition) is 0. The third kappa shape index (κ3) is 2.94. The highest BCUT2D eigenvalue weighted by Gasteiger charge is 2.06. The molecule has 0 bridgehead atoms.